The van der Waals surface area contributed by atoms with Gasteiger partial charge in [0.2, 0.25) is 5.91 Å². The summed E-state index contributed by atoms with van der Waals surface area (Å²) in [5.74, 6) is 0.985. The van der Waals surface area contributed by atoms with Crippen molar-refractivity contribution in [2.24, 2.45) is 7.05 Å². The molecule has 1 fully saturated rings. The number of methoxy groups -OCH3 is 1. The van der Waals surface area contributed by atoms with Crippen LogP contribution in [0.3, 0.4) is 0 Å². The molecule has 1 aliphatic carbocycles. The molecule has 0 unspecified atom stereocenters. The lowest BCUT2D eigenvalue weighted by Gasteiger charge is -2.24. The smallest absolute Gasteiger partial charge is 0.221 e. The molecular formula is C25H30N2O2. The second-order valence-corrected chi connectivity index (χ2v) is 8.14. The van der Waals surface area contributed by atoms with Crippen molar-refractivity contribution in [3.05, 3.63) is 65.9 Å². The van der Waals surface area contributed by atoms with E-state index in [1.165, 1.54) is 35.7 Å². The fourth-order valence-electron chi connectivity index (χ4n) is 4.61. The van der Waals surface area contributed by atoms with Gasteiger partial charge in [0.15, 0.2) is 0 Å². The van der Waals surface area contributed by atoms with Gasteiger partial charge in [-0.3, -0.25) is 4.79 Å². The van der Waals surface area contributed by atoms with Crippen LogP contribution in [-0.4, -0.2) is 23.6 Å². The van der Waals surface area contributed by atoms with Gasteiger partial charge in [0.05, 0.1) is 7.11 Å². The lowest BCUT2D eigenvalue weighted by molar-refractivity contribution is -0.122. The van der Waals surface area contributed by atoms with Crippen molar-refractivity contribution in [2.75, 3.05) is 7.11 Å². The number of fused-ring (bicyclic) bond motifs is 1. The second-order valence-electron chi connectivity index (χ2n) is 8.14. The monoisotopic (exact) mass is 390 g/mol. The fourth-order valence-corrected chi connectivity index (χ4v) is 4.61. The van der Waals surface area contributed by atoms with Crippen molar-refractivity contribution in [3.63, 3.8) is 0 Å². The first-order valence-electron chi connectivity index (χ1n) is 10.6. The summed E-state index contributed by atoms with van der Waals surface area (Å²) in [5, 5.41) is 4.51. The average molecular weight is 391 g/mol. The van der Waals surface area contributed by atoms with Crippen molar-refractivity contribution in [3.8, 4) is 5.75 Å². The minimum atomic E-state index is 0.00981. The van der Waals surface area contributed by atoms with Crippen LogP contribution in [0, 0.1) is 0 Å². The highest BCUT2D eigenvalue weighted by atomic mass is 16.5. The fraction of sp³-hybridized carbons (Fsp3) is 0.400. The summed E-state index contributed by atoms with van der Waals surface area (Å²) in [6.07, 6.45) is 8.56. The zero-order valence-electron chi connectivity index (χ0n) is 17.4. The van der Waals surface area contributed by atoms with Crippen LogP contribution in [0.15, 0.2) is 54.7 Å². The molecule has 1 N–H and O–H groups in total. The first-order chi connectivity index (χ1) is 14.2. The van der Waals surface area contributed by atoms with E-state index < -0.39 is 0 Å². The lowest BCUT2D eigenvalue weighted by Crippen LogP contribution is -2.36. The Kier molecular flexibility index (Phi) is 5.89. The van der Waals surface area contributed by atoms with E-state index in [1.54, 1.807) is 7.11 Å². The average Bonchev–Trinajstić information content (AvgIpc) is 3.09. The van der Waals surface area contributed by atoms with Crippen LogP contribution in [0.25, 0.3) is 10.9 Å². The van der Waals surface area contributed by atoms with E-state index in [0.29, 0.717) is 12.5 Å². The molecule has 1 atom stereocenters. The van der Waals surface area contributed by atoms with Crippen LogP contribution >= 0.6 is 0 Å². The van der Waals surface area contributed by atoms with Crippen molar-refractivity contribution < 1.29 is 9.53 Å². The second kappa shape index (κ2) is 8.73. The van der Waals surface area contributed by atoms with Gasteiger partial charge < -0.3 is 14.6 Å². The number of hydrogen-bond acceptors (Lipinski definition) is 2. The summed E-state index contributed by atoms with van der Waals surface area (Å²) in [6.45, 7) is 0. The highest BCUT2D eigenvalue weighted by Crippen LogP contribution is 2.35. The summed E-state index contributed by atoms with van der Waals surface area (Å²) >= 11 is 0. The normalized spacial score (nSPS) is 15.9. The van der Waals surface area contributed by atoms with E-state index in [4.69, 9.17) is 4.74 Å². The van der Waals surface area contributed by atoms with Gasteiger partial charge in [-0.2, -0.15) is 0 Å². The Hall–Kier alpha value is -2.75. The summed E-state index contributed by atoms with van der Waals surface area (Å²) < 4.78 is 7.48. The molecule has 4 rings (SSSR count). The molecule has 0 bridgehead atoms. The Labute approximate surface area is 172 Å². The molecule has 0 spiro atoms. The number of para-hydroxylation sites is 1. The number of nitrogens with one attached hydrogen (secondary N) is 1. The molecule has 1 saturated carbocycles. The zero-order chi connectivity index (χ0) is 20.2. The van der Waals surface area contributed by atoms with Crippen LogP contribution in [0.4, 0.5) is 0 Å². The number of benzene rings is 2. The molecule has 3 aromatic rings. The standard InChI is InChI=1S/C25H30N2O2/c1-27-17-23(21-10-6-7-11-24(21)27)22(18-12-14-20(29-2)15-13-18)16-25(28)26-19-8-4-3-5-9-19/h6-7,10-15,17,19,22H,3-5,8-9,16H2,1-2H3,(H,26,28)/t22-/m0/s1. The molecule has 1 aliphatic rings. The Balaban J connectivity index is 1.65. The molecule has 29 heavy (non-hydrogen) atoms. The summed E-state index contributed by atoms with van der Waals surface area (Å²) in [7, 11) is 3.74. The first kappa shape index (κ1) is 19.6. The molecule has 4 nitrogen and oxygen atoms in total. The molecule has 152 valence electrons. The third kappa shape index (κ3) is 4.31. The summed E-state index contributed by atoms with van der Waals surface area (Å²) in [6, 6.07) is 16.9. The van der Waals surface area contributed by atoms with Gasteiger partial charge >= 0.3 is 0 Å². The predicted octanol–water partition coefficient (Wildman–Crippen LogP) is 5.16. The van der Waals surface area contributed by atoms with E-state index in [1.807, 2.05) is 12.1 Å². The SMILES string of the molecule is COc1ccc([C@H](CC(=O)NC2CCCCC2)c2cn(C)c3ccccc23)cc1. The molecular weight excluding hydrogens is 360 g/mol. The number of rotatable bonds is 6. The summed E-state index contributed by atoms with van der Waals surface area (Å²) in [5.41, 5.74) is 3.53. The number of carbonyl (C=O) groups is 1. The van der Waals surface area contributed by atoms with Gasteiger partial charge in [-0.15, -0.1) is 0 Å². The van der Waals surface area contributed by atoms with Gasteiger partial charge in [-0.1, -0.05) is 49.6 Å². The number of carbonyl (C=O) groups excluding carboxylic acids is 1. The highest BCUT2D eigenvalue weighted by molar-refractivity contribution is 5.86. The number of aromatic nitrogens is 1. The van der Waals surface area contributed by atoms with Crippen LogP contribution in [0.5, 0.6) is 5.75 Å². The molecule has 2 aromatic carbocycles. The Morgan fingerprint density at radius 3 is 2.55 bits per heavy atom. The van der Waals surface area contributed by atoms with Crippen molar-refractivity contribution in [1.29, 1.82) is 0 Å². The molecule has 1 amide bonds. The topological polar surface area (TPSA) is 43.3 Å². The van der Waals surface area contributed by atoms with Crippen molar-refractivity contribution >= 4 is 16.8 Å². The molecule has 4 heteroatoms. The van der Waals surface area contributed by atoms with E-state index in [-0.39, 0.29) is 11.8 Å². The maximum Gasteiger partial charge on any atom is 0.221 e. The van der Waals surface area contributed by atoms with Crippen molar-refractivity contribution in [1.82, 2.24) is 9.88 Å². The molecule has 1 heterocycles. The third-order valence-electron chi connectivity index (χ3n) is 6.18. The van der Waals surface area contributed by atoms with E-state index in [0.717, 1.165) is 24.2 Å². The van der Waals surface area contributed by atoms with Crippen LogP contribution in [0.2, 0.25) is 0 Å². The number of aryl methyl sites for hydroxylation is 1. The van der Waals surface area contributed by atoms with Crippen LogP contribution < -0.4 is 10.1 Å². The largest absolute Gasteiger partial charge is 0.497 e. The van der Waals surface area contributed by atoms with Gasteiger partial charge in [-0.05, 0) is 42.2 Å². The minimum Gasteiger partial charge on any atom is -0.497 e. The minimum absolute atomic E-state index is 0.00981. The molecule has 0 radical (unpaired) electrons. The van der Waals surface area contributed by atoms with Gasteiger partial charge in [-0.25, -0.2) is 0 Å². The van der Waals surface area contributed by atoms with E-state index >= 15 is 0 Å². The number of hydrogen-bond donors (Lipinski definition) is 1. The van der Waals surface area contributed by atoms with Crippen molar-refractivity contribution in [2.45, 2.75) is 50.5 Å². The Morgan fingerprint density at radius 1 is 1.10 bits per heavy atom. The van der Waals surface area contributed by atoms with Crippen LogP contribution in [-0.2, 0) is 11.8 Å². The van der Waals surface area contributed by atoms with Gasteiger partial charge in [0.1, 0.15) is 5.75 Å². The number of amides is 1. The maximum atomic E-state index is 13.0. The maximum absolute atomic E-state index is 13.0. The third-order valence-corrected chi connectivity index (χ3v) is 6.18. The predicted molar refractivity (Wildman–Crippen MR) is 117 cm³/mol. The quantitative estimate of drug-likeness (QED) is 0.632. The molecule has 1 aromatic heterocycles. The van der Waals surface area contributed by atoms with Crippen LogP contribution in [0.1, 0.15) is 55.6 Å². The summed E-state index contributed by atoms with van der Waals surface area (Å²) in [4.78, 5) is 13.0. The molecule has 0 aliphatic heterocycles. The highest BCUT2D eigenvalue weighted by Gasteiger charge is 2.24. The van der Waals surface area contributed by atoms with Gasteiger partial charge in [0.25, 0.3) is 0 Å². The lowest BCUT2D eigenvalue weighted by atomic mass is 9.87. The first-order valence-corrected chi connectivity index (χ1v) is 10.6. The van der Waals surface area contributed by atoms with E-state index in [9.17, 15) is 4.79 Å². The zero-order valence-corrected chi connectivity index (χ0v) is 17.4. The molecule has 0 saturated heterocycles. The number of ether oxygens (including phenoxy) is 1. The van der Waals surface area contributed by atoms with E-state index in [2.05, 4.69) is 59.5 Å². The Bertz CT molecular complexity index is 968. The Morgan fingerprint density at radius 2 is 1.83 bits per heavy atom. The van der Waals surface area contributed by atoms with Gasteiger partial charge in [0, 0.05) is 42.5 Å². The number of nitrogens with zero attached hydrogens (tertiary/aromatic N) is 1.